The van der Waals surface area contributed by atoms with Gasteiger partial charge in [0.05, 0.1) is 0 Å². The van der Waals surface area contributed by atoms with Crippen LogP contribution in [0.2, 0.25) is 0 Å². The van der Waals surface area contributed by atoms with Crippen molar-refractivity contribution in [3.05, 3.63) is 479 Å². The summed E-state index contributed by atoms with van der Waals surface area (Å²) in [6, 6.07) is 165. The summed E-state index contributed by atoms with van der Waals surface area (Å²) in [5, 5.41) is 20.3. The highest BCUT2D eigenvalue weighted by Gasteiger charge is 2.25. The average Bonchev–Trinajstić information content (AvgIpc) is 1.72. The number of hydrogen-bond acceptors (Lipinski definition) is 12. The van der Waals surface area contributed by atoms with Gasteiger partial charge in [-0.25, -0.2) is 44.9 Å². The highest BCUT2D eigenvalue weighted by atomic mass is 16.3. The van der Waals surface area contributed by atoms with Crippen LogP contribution in [0.3, 0.4) is 0 Å². The molecule has 0 fully saturated rings. The zero-order valence-electron chi connectivity index (χ0n) is 75.9. The predicted molar refractivity (Wildman–Crippen MR) is 577 cm³/mol. The van der Waals surface area contributed by atoms with Gasteiger partial charge in [0.25, 0.3) is 0 Å². The van der Waals surface area contributed by atoms with Crippen LogP contribution in [0, 0.1) is 0 Å². The van der Waals surface area contributed by atoms with Gasteiger partial charge < -0.3 is 13.3 Å². The first-order chi connectivity index (χ1) is 69.9. The number of rotatable bonds is 13. The molecule has 0 spiro atoms. The van der Waals surface area contributed by atoms with Gasteiger partial charge in [-0.1, -0.05) is 406 Å². The maximum atomic E-state index is 6.26. The Morgan fingerprint density at radius 3 is 0.631 bits per heavy atom. The minimum atomic E-state index is 0.635. The van der Waals surface area contributed by atoms with E-state index in [0.717, 1.165) is 203 Å². The first-order valence-corrected chi connectivity index (χ1v) is 47.2. The fraction of sp³-hybridized carbons (Fsp3) is 0. The SMILES string of the molecule is c1ccc(-c2ccc(-c3nc(-c4ccccc4)nc(-c4ccc(-c5cccc6oc7ccccc7c56)c5ccccc45)n3)cc2)cc1.c1ccc(-c2nc(-c3ccc4ccccc4c3)nc(-c3ccc(-c4cccc5oc6ccccc6c45)c4ccccc34)n2)cc1.c1ccc2cc(-c3nc(-c4ccc5ccccc5c4)nc(-c4ccc(-c5cccc6oc7ccccc7c56)c5ccccc45)n3)ccc2c1. The lowest BCUT2D eigenvalue weighted by Crippen LogP contribution is -2.01. The van der Waals surface area contributed by atoms with E-state index >= 15 is 0 Å². The number of fused-ring (bicyclic) bond motifs is 15. The van der Waals surface area contributed by atoms with Crippen molar-refractivity contribution in [1.29, 1.82) is 0 Å². The first kappa shape index (κ1) is 82.5. The van der Waals surface area contributed by atoms with Crippen molar-refractivity contribution in [2.45, 2.75) is 0 Å². The molecule has 22 aromatic carbocycles. The van der Waals surface area contributed by atoms with E-state index in [9.17, 15) is 0 Å². The number of benzene rings is 22. The van der Waals surface area contributed by atoms with Crippen molar-refractivity contribution in [2.24, 2.45) is 0 Å². The molecule has 12 nitrogen and oxygen atoms in total. The predicted octanol–water partition coefficient (Wildman–Crippen LogP) is 33.9. The molecule has 6 heterocycles. The standard InChI is InChI=1S/C45H27N3O.C43H27N3O.C41H25N3O/c1-3-12-30-26-32(22-20-28(30)10-1)43-46-44(33-23-21-29-11-2-4-13-31(29)27-33)48-45(47-43)38-25-24-36(34-14-5-6-15-35(34)38)37-17-9-19-41-42(37)39-16-7-8-18-40(39)49-41;1-3-12-28(13-4-1)29-22-24-31(25-23-29)42-44-41(30-14-5-2-6-15-30)45-43(46-42)36-27-26-34(32-16-7-8-17-33(32)36)35-19-11-21-39-40(35)37-18-9-10-20-38(37)47-39;1-2-12-27(13-3-1)39-42-40(29-22-21-26-11-4-5-14-28(26)25-29)44-41(43-39)34-24-23-32(30-15-6-7-16-31(30)34)33-18-10-20-37-38(33)35-17-8-9-19-36(35)45-37/h1-27H;1-27H;1-25H. The fourth-order valence-corrected chi connectivity index (χ4v) is 20.0. The van der Waals surface area contributed by atoms with E-state index in [1.54, 1.807) is 0 Å². The van der Waals surface area contributed by atoms with Crippen molar-refractivity contribution in [3.8, 4) is 147 Å². The Labute approximate surface area is 809 Å². The molecule has 28 rings (SSSR count). The zero-order valence-corrected chi connectivity index (χ0v) is 75.9. The third-order valence-corrected chi connectivity index (χ3v) is 26.8. The van der Waals surface area contributed by atoms with Gasteiger partial charge in [-0.15, -0.1) is 0 Å². The Kier molecular flexibility index (Phi) is 20.6. The largest absolute Gasteiger partial charge is 0.456 e. The Morgan fingerprint density at radius 1 is 0.113 bits per heavy atom. The molecule has 6 aromatic heterocycles. The van der Waals surface area contributed by atoms with E-state index in [1.807, 2.05) is 121 Å². The van der Waals surface area contributed by atoms with Crippen LogP contribution in [-0.4, -0.2) is 44.9 Å². The van der Waals surface area contributed by atoms with E-state index in [4.69, 9.17) is 58.1 Å². The third-order valence-electron chi connectivity index (χ3n) is 26.8. The van der Waals surface area contributed by atoms with E-state index in [-0.39, 0.29) is 0 Å². The van der Waals surface area contributed by atoms with E-state index in [1.165, 1.54) is 21.7 Å². The van der Waals surface area contributed by atoms with Gasteiger partial charge in [-0.3, -0.25) is 0 Å². The minimum Gasteiger partial charge on any atom is -0.456 e. The van der Waals surface area contributed by atoms with E-state index in [0.29, 0.717) is 52.4 Å². The lowest BCUT2D eigenvalue weighted by atomic mass is 9.92. The molecule has 0 unspecified atom stereocenters. The van der Waals surface area contributed by atoms with Crippen LogP contribution >= 0.6 is 0 Å². The maximum absolute atomic E-state index is 6.26. The number of para-hydroxylation sites is 3. The Balaban J connectivity index is 0.000000109. The lowest BCUT2D eigenvalue weighted by molar-refractivity contribution is 0.668. The van der Waals surface area contributed by atoms with Crippen molar-refractivity contribution in [3.63, 3.8) is 0 Å². The quantitative estimate of drug-likeness (QED) is 0.108. The molecular formula is C129H79N9O3. The fourth-order valence-electron chi connectivity index (χ4n) is 20.0. The van der Waals surface area contributed by atoms with Gasteiger partial charge in [0.1, 0.15) is 33.5 Å². The number of hydrogen-bond donors (Lipinski definition) is 0. The first-order valence-electron chi connectivity index (χ1n) is 47.2. The molecule has 0 aliphatic heterocycles. The second kappa shape index (κ2) is 35.3. The summed E-state index contributed by atoms with van der Waals surface area (Å²) in [6.07, 6.45) is 0. The monoisotopic (exact) mass is 1800 g/mol. The lowest BCUT2D eigenvalue weighted by Gasteiger charge is -2.14. The molecule has 0 radical (unpaired) electrons. The van der Waals surface area contributed by atoms with Gasteiger partial charge in [-0.2, -0.15) is 0 Å². The van der Waals surface area contributed by atoms with Gasteiger partial charge in [0.15, 0.2) is 52.4 Å². The van der Waals surface area contributed by atoms with Gasteiger partial charge >= 0.3 is 0 Å². The normalized spacial score (nSPS) is 11.5. The second-order valence-corrected chi connectivity index (χ2v) is 35.2. The molecule has 0 N–H and O–H groups in total. The van der Waals surface area contributed by atoms with Crippen LogP contribution in [0.15, 0.2) is 492 Å². The minimum absolute atomic E-state index is 0.635. The van der Waals surface area contributed by atoms with Crippen molar-refractivity contribution < 1.29 is 13.3 Å². The van der Waals surface area contributed by atoms with Crippen LogP contribution in [-0.2, 0) is 0 Å². The van der Waals surface area contributed by atoms with Crippen LogP contribution in [0.25, 0.3) is 277 Å². The van der Waals surface area contributed by atoms with E-state index < -0.39 is 0 Å². The molecule has 0 saturated heterocycles. The second-order valence-electron chi connectivity index (χ2n) is 35.2. The molecule has 0 saturated carbocycles. The van der Waals surface area contributed by atoms with Crippen LogP contribution < -0.4 is 0 Å². The Morgan fingerprint density at radius 2 is 0.319 bits per heavy atom. The molecule has 0 bridgehead atoms. The molecule has 658 valence electrons. The Bertz CT molecular complexity index is 9690. The van der Waals surface area contributed by atoms with Gasteiger partial charge in [0.2, 0.25) is 0 Å². The Hall–Kier alpha value is -19.2. The third kappa shape index (κ3) is 15.3. The maximum Gasteiger partial charge on any atom is 0.164 e. The summed E-state index contributed by atoms with van der Waals surface area (Å²) in [7, 11) is 0. The summed E-state index contributed by atoms with van der Waals surface area (Å²) < 4.78 is 18.7. The topological polar surface area (TPSA) is 155 Å². The van der Waals surface area contributed by atoms with Gasteiger partial charge in [-0.05, 0) is 182 Å². The molecule has 0 aliphatic carbocycles. The average molecular weight is 1800 g/mol. The highest BCUT2D eigenvalue weighted by Crippen LogP contribution is 2.48. The summed E-state index contributed by atoms with van der Waals surface area (Å²) in [4.78, 5) is 45.7. The van der Waals surface area contributed by atoms with Crippen molar-refractivity contribution >= 4 is 130 Å². The van der Waals surface area contributed by atoms with Crippen molar-refractivity contribution in [1.82, 2.24) is 44.9 Å². The molecule has 0 amide bonds. The summed E-state index contributed by atoms with van der Waals surface area (Å²) in [6.45, 7) is 0. The number of nitrogens with zero attached hydrogens (tertiary/aromatic N) is 9. The van der Waals surface area contributed by atoms with Crippen LogP contribution in [0.4, 0.5) is 0 Å². The number of furan rings is 3. The molecule has 0 atom stereocenters. The highest BCUT2D eigenvalue weighted by molar-refractivity contribution is 6.20. The summed E-state index contributed by atoms with van der Waals surface area (Å²) in [5.74, 6) is 5.76. The molecule has 141 heavy (non-hydrogen) atoms. The zero-order chi connectivity index (χ0) is 93.2. The van der Waals surface area contributed by atoms with Crippen LogP contribution in [0.1, 0.15) is 0 Å². The smallest absolute Gasteiger partial charge is 0.164 e. The van der Waals surface area contributed by atoms with Gasteiger partial charge in [0, 0.05) is 82.4 Å². The van der Waals surface area contributed by atoms with Crippen LogP contribution in [0.5, 0.6) is 0 Å². The number of aromatic nitrogens is 9. The van der Waals surface area contributed by atoms with E-state index in [2.05, 4.69) is 358 Å². The molecule has 28 aromatic rings. The molecule has 0 aliphatic rings. The van der Waals surface area contributed by atoms with Crippen molar-refractivity contribution in [2.75, 3.05) is 0 Å². The molecular weight excluding hydrogens is 1720 g/mol. The molecule has 12 heteroatoms. The summed E-state index contributed by atoms with van der Waals surface area (Å²) in [5.41, 5.74) is 23.0. The summed E-state index contributed by atoms with van der Waals surface area (Å²) >= 11 is 0.